The molecule has 0 atom stereocenters. The van der Waals surface area contributed by atoms with Crippen LogP contribution >= 0.6 is 0 Å². The Morgan fingerprint density at radius 3 is 2.50 bits per heavy atom. The molecule has 4 rings (SSSR count). The van der Waals surface area contributed by atoms with Crippen molar-refractivity contribution in [2.45, 2.75) is 26.9 Å². The fourth-order valence-corrected chi connectivity index (χ4v) is 2.93. The van der Waals surface area contributed by atoms with Gasteiger partial charge in [0.15, 0.2) is 11.5 Å². The van der Waals surface area contributed by atoms with E-state index in [1.165, 1.54) is 0 Å². The fourth-order valence-electron chi connectivity index (χ4n) is 2.93. The number of aryl methyl sites for hydroxylation is 1. The van der Waals surface area contributed by atoms with Crippen LogP contribution in [0.3, 0.4) is 0 Å². The first kappa shape index (κ1) is 19.5. The second-order valence-electron chi connectivity index (χ2n) is 7.03. The summed E-state index contributed by atoms with van der Waals surface area (Å²) in [5.41, 5.74) is 1.99. The summed E-state index contributed by atoms with van der Waals surface area (Å²) in [6.45, 7) is 5.88. The van der Waals surface area contributed by atoms with Crippen LogP contribution in [0.5, 0.6) is 17.4 Å². The zero-order valence-electron chi connectivity index (χ0n) is 16.9. The molecular formula is C22H22N4O4. The standard InChI is InChI=1S/C22H22N4O4/c1-13(2)30-21-11-20(23-14(3)24-21)25-16-5-7-17(8-6-16)26-22(27)15-4-9-18-19(10-15)29-12-28-18/h4-11,13H,12H2,1-3H3,(H,26,27)(H,23,24,25). The monoisotopic (exact) mass is 406 g/mol. The van der Waals surface area contributed by atoms with Crippen molar-refractivity contribution in [2.75, 3.05) is 17.4 Å². The van der Waals surface area contributed by atoms with E-state index in [1.54, 1.807) is 24.3 Å². The van der Waals surface area contributed by atoms with Crippen molar-refractivity contribution in [3.8, 4) is 17.4 Å². The molecule has 1 amide bonds. The summed E-state index contributed by atoms with van der Waals surface area (Å²) in [4.78, 5) is 21.2. The van der Waals surface area contributed by atoms with Crippen molar-refractivity contribution in [1.29, 1.82) is 0 Å². The van der Waals surface area contributed by atoms with E-state index < -0.39 is 0 Å². The van der Waals surface area contributed by atoms with Gasteiger partial charge in [0, 0.05) is 23.0 Å². The van der Waals surface area contributed by atoms with Gasteiger partial charge in [-0.1, -0.05) is 0 Å². The van der Waals surface area contributed by atoms with E-state index in [0.717, 1.165) is 5.69 Å². The molecule has 8 heteroatoms. The van der Waals surface area contributed by atoms with Crippen molar-refractivity contribution in [1.82, 2.24) is 9.97 Å². The van der Waals surface area contributed by atoms with Crippen LogP contribution in [0.25, 0.3) is 0 Å². The number of aromatic nitrogens is 2. The summed E-state index contributed by atoms with van der Waals surface area (Å²) in [5.74, 6) is 2.76. The normalized spacial score (nSPS) is 12.0. The first-order chi connectivity index (χ1) is 14.5. The third-order valence-electron chi connectivity index (χ3n) is 4.22. The molecule has 1 aromatic heterocycles. The third-order valence-corrected chi connectivity index (χ3v) is 4.22. The van der Waals surface area contributed by atoms with Gasteiger partial charge in [-0.25, -0.2) is 4.98 Å². The van der Waals surface area contributed by atoms with Crippen molar-refractivity contribution < 1.29 is 19.0 Å². The predicted octanol–water partition coefficient (Wildman–Crippen LogP) is 4.30. The quantitative estimate of drug-likeness (QED) is 0.630. The van der Waals surface area contributed by atoms with Crippen LogP contribution < -0.4 is 24.8 Å². The lowest BCUT2D eigenvalue weighted by molar-refractivity contribution is 0.102. The molecule has 0 saturated carbocycles. The Morgan fingerprint density at radius 1 is 1.00 bits per heavy atom. The summed E-state index contributed by atoms with van der Waals surface area (Å²) in [6.07, 6.45) is 0.0276. The molecule has 0 radical (unpaired) electrons. The van der Waals surface area contributed by atoms with Gasteiger partial charge in [-0.15, -0.1) is 0 Å². The van der Waals surface area contributed by atoms with E-state index >= 15 is 0 Å². The van der Waals surface area contributed by atoms with Gasteiger partial charge in [0.1, 0.15) is 11.6 Å². The third kappa shape index (κ3) is 4.60. The second kappa shape index (κ2) is 8.28. The van der Waals surface area contributed by atoms with Crippen molar-refractivity contribution >= 4 is 23.1 Å². The second-order valence-corrected chi connectivity index (χ2v) is 7.03. The minimum absolute atomic E-state index is 0.0276. The number of carbonyl (C=O) groups excluding carboxylic acids is 1. The first-order valence-corrected chi connectivity index (χ1v) is 9.57. The molecular weight excluding hydrogens is 384 g/mol. The molecule has 154 valence electrons. The number of fused-ring (bicyclic) bond motifs is 1. The Hall–Kier alpha value is -3.81. The zero-order valence-corrected chi connectivity index (χ0v) is 16.9. The highest BCUT2D eigenvalue weighted by molar-refractivity contribution is 6.04. The maximum absolute atomic E-state index is 12.5. The molecule has 0 saturated heterocycles. The molecule has 8 nitrogen and oxygen atoms in total. The Bertz CT molecular complexity index is 1070. The van der Waals surface area contributed by atoms with E-state index in [4.69, 9.17) is 14.2 Å². The van der Waals surface area contributed by atoms with Gasteiger partial charge in [0.25, 0.3) is 5.91 Å². The average molecular weight is 406 g/mol. The van der Waals surface area contributed by atoms with Crippen LogP contribution in [0.15, 0.2) is 48.5 Å². The number of amides is 1. The lowest BCUT2D eigenvalue weighted by Crippen LogP contribution is -2.11. The molecule has 2 heterocycles. The summed E-state index contributed by atoms with van der Waals surface area (Å²) in [6, 6.07) is 14.2. The molecule has 1 aliphatic rings. The Kier molecular flexibility index (Phi) is 5.38. The van der Waals surface area contributed by atoms with Crippen LogP contribution in [-0.4, -0.2) is 28.8 Å². The minimum Gasteiger partial charge on any atom is -0.475 e. The van der Waals surface area contributed by atoms with Crippen molar-refractivity contribution in [3.63, 3.8) is 0 Å². The number of nitrogens with zero attached hydrogens (tertiary/aromatic N) is 2. The number of rotatable bonds is 6. The fraction of sp³-hybridized carbons (Fsp3) is 0.227. The maximum atomic E-state index is 12.5. The summed E-state index contributed by atoms with van der Waals surface area (Å²) in [7, 11) is 0. The Morgan fingerprint density at radius 2 is 1.73 bits per heavy atom. The molecule has 3 aromatic rings. The number of nitrogens with one attached hydrogen (secondary N) is 2. The van der Waals surface area contributed by atoms with Gasteiger partial charge in [-0.05, 0) is 63.2 Å². The Labute approximate surface area is 174 Å². The molecule has 0 aliphatic carbocycles. The van der Waals surface area contributed by atoms with E-state index in [0.29, 0.717) is 40.3 Å². The van der Waals surface area contributed by atoms with Crippen LogP contribution in [0.4, 0.5) is 17.2 Å². The average Bonchev–Trinajstić information content (AvgIpc) is 3.16. The number of carbonyl (C=O) groups is 1. The van der Waals surface area contributed by atoms with E-state index in [2.05, 4.69) is 20.6 Å². The number of hydrogen-bond acceptors (Lipinski definition) is 7. The highest BCUT2D eigenvalue weighted by Crippen LogP contribution is 2.32. The van der Waals surface area contributed by atoms with Gasteiger partial charge in [-0.3, -0.25) is 4.79 Å². The number of hydrogen-bond donors (Lipinski definition) is 2. The van der Waals surface area contributed by atoms with Crippen LogP contribution in [0, 0.1) is 6.92 Å². The van der Waals surface area contributed by atoms with Gasteiger partial charge in [0.05, 0.1) is 6.10 Å². The van der Waals surface area contributed by atoms with Crippen LogP contribution in [-0.2, 0) is 0 Å². The van der Waals surface area contributed by atoms with Gasteiger partial charge >= 0.3 is 0 Å². The number of ether oxygens (including phenoxy) is 3. The molecule has 0 spiro atoms. The largest absolute Gasteiger partial charge is 0.475 e. The first-order valence-electron chi connectivity index (χ1n) is 9.57. The van der Waals surface area contributed by atoms with E-state index in [9.17, 15) is 4.79 Å². The van der Waals surface area contributed by atoms with E-state index in [1.807, 2.05) is 45.0 Å². The number of benzene rings is 2. The zero-order chi connectivity index (χ0) is 21.1. The Balaban J connectivity index is 1.42. The topological polar surface area (TPSA) is 94.6 Å². The number of anilines is 3. The molecule has 0 bridgehead atoms. The smallest absolute Gasteiger partial charge is 0.255 e. The summed E-state index contributed by atoms with van der Waals surface area (Å²) in [5, 5.41) is 6.10. The van der Waals surface area contributed by atoms with Crippen molar-refractivity contribution in [2.24, 2.45) is 0 Å². The molecule has 0 fully saturated rings. The lowest BCUT2D eigenvalue weighted by atomic mass is 10.2. The van der Waals surface area contributed by atoms with Crippen LogP contribution in [0.2, 0.25) is 0 Å². The summed E-state index contributed by atoms with van der Waals surface area (Å²) >= 11 is 0. The summed E-state index contributed by atoms with van der Waals surface area (Å²) < 4.78 is 16.2. The molecule has 30 heavy (non-hydrogen) atoms. The van der Waals surface area contributed by atoms with Gasteiger partial charge in [-0.2, -0.15) is 4.98 Å². The predicted molar refractivity (Wildman–Crippen MR) is 113 cm³/mol. The van der Waals surface area contributed by atoms with E-state index in [-0.39, 0.29) is 18.8 Å². The van der Waals surface area contributed by atoms with Crippen LogP contribution in [0.1, 0.15) is 30.0 Å². The molecule has 0 unspecified atom stereocenters. The minimum atomic E-state index is -0.226. The van der Waals surface area contributed by atoms with Gasteiger partial charge < -0.3 is 24.8 Å². The highest BCUT2D eigenvalue weighted by atomic mass is 16.7. The lowest BCUT2D eigenvalue weighted by Gasteiger charge is -2.12. The molecule has 2 aromatic carbocycles. The maximum Gasteiger partial charge on any atom is 0.255 e. The van der Waals surface area contributed by atoms with Gasteiger partial charge in [0.2, 0.25) is 12.7 Å². The highest BCUT2D eigenvalue weighted by Gasteiger charge is 2.16. The molecule has 1 aliphatic heterocycles. The SMILES string of the molecule is Cc1nc(Nc2ccc(NC(=O)c3ccc4c(c3)OCO4)cc2)cc(OC(C)C)n1. The molecule has 2 N–H and O–H groups in total. The van der Waals surface area contributed by atoms with Crippen molar-refractivity contribution in [3.05, 3.63) is 59.9 Å².